The van der Waals surface area contributed by atoms with E-state index < -0.39 is 0 Å². The van der Waals surface area contributed by atoms with Gasteiger partial charge in [-0.25, -0.2) is 0 Å². The van der Waals surface area contributed by atoms with E-state index in [0.717, 1.165) is 27.8 Å². The van der Waals surface area contributed by atoms with E-state index in [1.165, 1.54) is 13.0 Å². The molecule has 0 N–H and O–H groups in total. The Morgan fingerprint density at radius 1 is 1.11 bits per heavy atom. The molecule has 0 aliphatic heterocycles. The van der Waals surface area contributed by atoms with Gasteiger partial charge in [-0.2, -0.15) is 0 Å². The Morgan fingerprint density at radius 3 is 2.37 bits per heavy atom. The number of hydrogen-bond donors (Lipinski definition) is 0. The number of hydrogen-bond acceptors (Lipinski definition) is 3. The molecule has 2 aromatic rings. The van der Waals surface area contributed by atoms with Crippen molar-refractivity contribution in [1.29, 1.82) is 0 Å². The van der Waals surface area contributed by atoms with E-state index in [1.807, 2.05) is 30.3 Å². The molecule has 0 amide bonds. The van der Waals surface area contributed by atoms with Crippen LogP contribution in [0.4, 0.5) is 0 Å². The van der Waals surface area contributed by atoms with Crippen LogP contribution in [0.3, 0.4) is 0 Å². The first-order valence-electron chi connectivity index (χ1n) is 5.99. The third-order valence-corrected chi connectivity index (χ3v) is 2.91. The van der Waals surface area contributed by atoms with Crippen LogP contribution in [-0.4, -0.2) is 20.0 Å². The predicted molar refractivity (Wildman–Crippen MR) is 76.8 cm³/mol. The monoisotopic (exact) mass is 256 g/mol. The zero-order valence-corrected chi connectivity index (χ0v) is 11.3. The third kappa shape index (κ3) is 2.60. The van der Waals surface area contributed by atoms with Gasteiger partial charge in [0.25, 0.3) is 0 Å². The minimum absolute atomic E-state index is 0.00539. The number of ether oxygens (including phenoxy) is 2. The molecule has 19 heavy (non-hydrogen) atoms. The van der Waals surface area contributed by atoms with Crippen molar-refractivity contribution in [2.75, 3.05) is 14.2 Å². The molecule has 2 aromatic carbocycles. The van der Waals surface area contributed by atoms with Crippen molar-refractivity contribution >= 4 is 22.6 Å². The summed E-state index contributed by atoms with van der Waals surface area (Å²) in [5.41, 5.74) is 0.827. The Kier molecular flexibility index (Phi) is 3.85. The molecular formula is C16H16O3. The number of allylic oxidation sites excluding steroid dienone is 1. The second-order valence-corrected chi connectivity index (χ2v) is 4.19. The summed E-state index contributed by atoms with van der Waals surface area (Å²) in [4.78, 5) is 11.1. The van der Waals surface area contributed by atoms with E-state index in [-0.39, 0.29) is 5.78 Å². The van der Waals surface area contributed by atoms with Gasteiger partial charge in [0, 0.05) is 16.3 Å². The summed E-state index contributed by atoms with van der Waals surface area (Å²) < 4.78 is 10.9. The maximum atomic E-state index is 11.1. The van der Waals surface area contributed by atoms with Crippen LogP contribution in [0.5, 0.6) is 11.5 Å². The van der Waals surface area contributed by atoms with Crippen LogP contribution in [0.2, 0.25) is 0 Å². The first-order chi connectivity index (χ1) is 9.17. The number of carbonyl (C=O) groups excluding carboxylic acids is 1. The highest BCUT2D eigenvalue weighted by atomic mass is 16.5. The van der Waals surface area contributed by atoms with Gasteiger partial charge in [-0.1, -0.05) is 24.3 Å². The lowest BCUT2D eigenvalue weighted by Gasteiger charge is -2.13. The average Bonchev–Trinajstić information content (AvgIpc) is 2.43. The molecule has 0 radical (unpaired) electrons. The van der Waals surface area contributed by atoms with Gasteiger partial charge < -0.3 is 9.47 Å². The van der Waals surface area contributed by atoms with E-state index in [1.54, 1.807) is 20.3 Å². The van der Waals surface area contributed by atoms with Gasteiger partial charge in [-0.05, 0) is 25.1 Å². The smallest absolute Gasteiger partial charge is 0.152 e. The molecule has 0 aliphatic carbocycles. The van der Waals surface area contributed by atoms with Crippen molar-refractivity contribution in [2.45, 2.75) is 6.92 Å². The second kappa shape index (κ2) is 5.57. The van der Waals surface area contributed by atoms with Crippen LogP contribution >= 0.6 is 0 Å². The molecule has 0 saturated carbocycles. The molecule has 0 aliphatic rings. The zero-order chi connectivity index (χ0) is 13.8. The summed E-state index contributed by atoms with van der Waals surface area (Å²) in [6.07, 6.45) is 3.27. The lowest BCUT2D eigenvalue weighted by Crippen LogP contribution is -1.93. The first-order valence-corrected chi connectivity index (χ1v) is 5.99. The summed E-state index contributed by atoms with van der Waals surface area (Å²) >= 11 is 0. The molecule has 0 spiro atoms. The highest BCUT2D eigenvalue weighted by Crippen LogP contribution is 2.37. The van der Waals surface area contributed by atoms with Crippen molar-refractivity contribution in [3.05, 3.63) is 42.0 Å². The fourth-order valence-electron chi connectivity index (χ4n) is 2.06. The number of methoxy groups -OCH3 is 2. The predicted octanol–water partition coefficient (Wildman–Crippen LogP) is 3.46. The van der Waals surface area contributed by atoms with E-state index >= 15 is 0 Å². The number of fused-ring (bicyclic) bond motifs is 1. The number of carbonyl (C=O) groups is 1. The van der Waals surface area contributed by atoms with Gasteiger partial charge >= 0.3 is 0 Å². The summed E-state index contributed by atoms with van der Waals surface area (Å²) in [7, 11) is 3.26. The van der Waals surface area contributed by atoms with Crippen molar-refractivity contribution in [3.63, 3.8) is 0 Å². The Hall–Kier alpha value is -2.29. The largest absolute Gasteiger partial charge is 0.496 e. The number of ketones is 1. The number of rotatable bonds is 4. The van der Waals surface area contributed by atoms with Gasteiger partial charge in [0.15, 0.2) is 5.78 Å². The van der Waals surface area contributed by atoms with E-state index in [2.05, 4.69) is 0 Å². The lowest BCUT2D eigenvalue weighted by molar-refractivity contribution is -0.112. The fourth-order valence-corrected chi connectivity index (χ4v) is 2.06. The molecule has 0 bridgehead atoms. The molecule has 0 atom stereocenters. The first kappa shape index (κ1) is 13.1. The molecule has 2 rings (SSSR count). The van der Waals surface area contributed by atoms with Crippen molar-refractivity contribution in [3.8, 4) is 11.5 Å². The highest BCUT2D eigenvalue weighted by Gasteiger charge is 2.11. The number of benzene rings is 2. The van der Waals surface area contributed by atoms with Crippen LogP contribution in [0.25, 0.3) is 16.8 Å². The van der Waals surface area contributed by atoms with Crippen LogP contribution in [-0.2, 0) is 4.79 Å². The Morgan fingerprint density at radius 2 is 1.79 bits per heavy atom. The SMILES string of the molecule is COc1cc(/C=C/C(C)=O)c(OC)c2ccccc12. The second-order valence-electron chi connectivity index (χ2n) is 4.19. The molecule has 0 heterocycles. The van der Waals surface area contributed by atoms with Crippen LogP contribution < -0.4 is 9.47 Å². The molecule has 0 fully saturated rings. The normalized spacial score (nSPS) is 10.9. The lowest BCUT2D eigenvalue weighted by atomic mass is 10.0. The van der Waals surface area contributed by atoms with E-state index in [9.17, 15) is 4.79 Å². The molecule has 0 unspecified atom stereocenters. The van der Waals surface area contributed by atoms with Crippen LogP contribution in [0.15, 0.2) is 36.4 Å². The van der Waals surface area contributed by atoms with Crippen molar-refractivity contribution in [1.82, 2.24) is 0 Å². The zero-order valence-electron chi connectivity index (χ0n) is 11.3. The molecule has 3 nitrogen and oxygen atoms in total. The summed E-state index contributed by atoms with van der Waals surface area (Å²) in [5.74, 6) is 1.50. The van der Waals surface area contributed by atoms with Gasteiger partial charge in [0.05, 0.1) is 14.2 Å². The van der Waals surface area contributed by atoms with E-state index in [0.29, 0.717) is 0 Å². The van der Waals surface area contributed by atoms with Crippen molar-refractivity contribution in [2.24, 2.45) is 0 Å². The Bertz CT molecular complexity index is 642. The van der Waals surface area contributed by atoms with Gasteiger partial charge in [-0.15, -0.1) is 0 Å². The molecule has 98 valence electrons. The summed E-state index contributed by atoms with van der Waals surface area (Å²) in [6, 6.07) is 9.73. The fraction of sp³-hybridized carbons (Fsp3) is 0.188. The maximum Gasteiger partial charge on any atom is 0.152 e. The minimum atomic E-state index is -0.00539. The van der Waals surface area contributed by atoms with Crippen LogP contribution in [0, 0.1) is 0 Å². The Labute approximate surface area is 112 Å². The summed E-state index contributed by atoms with van der Waals surface area (Å²) in [5, 5.41) is 1.95. The standard InChI is InChI=1S/C16H16O3/c1-11(17)8-9-12-10-15(18-2)13-6-4-5-7-14(13)16(12)19-3/h4-10H,1-3H3/b9-8+. The topological polar surface area (TPSA) is 35.5 Å². The maximum absolute atomic E-state index is 11.1. The van der Waals surface area contributed by atoms with E-state index in [4.69, 9.17) is 9.47 Å². The average molecular weight is 256 g/mol. The third-order valence-electron chi connectivity index (χ3n) is 2.91. The minimum Gasteiger partial charge on any atom is -0.496 e. The highest BCUT2D eigenvalue weighted by molar-refractivity contribution is 5.98. The quantitative estimate of drug-likeness (QED) is 0.786. The van der Waals surface area contributed by atoms with Crippen LogP contribution in [0.1, 0.15) is 12.5 Å². The summed E-state index contributed by atoms with van der Waals surface area (Å²) in [6.45, 7) is 1.52. The molecule has 0 saturated heterocycles. The Balaban J connectivity index is 2.73. The molecular weight excluding hydrogens is 240 g/mol. The van der Waals surface area contributed by atoms with Gasteiger partial charge in [0.1, 0.15) is 11.5 Å². The van der Waals surface area contributed by atoms with Gasteiger partial charge in [-0.3, -0.25) is 4.79 Å². The molecule has 0 aromatic heterocycles. The van der Waals surface area contributed by atoms with Gasteiger partial charge in [0.2, 0.25) is 0 Å². The molecule has 3 heteroatoms. The van der Waals surface area contributed by atoms with Crippen molar-refractivity contribution < 1.29 is 14.3 Å².